The van der Waals surface area contributed by atoms with E-state index in [2.05, 4.69) is 10.3 Å². The topological polar surface area (TPSA) is 71.2 Å². The molecule has 4 heteroatoms. The lowest BCUT2D eigenvalue weighted by Gasteiger charge is -2.08. The first-order valence-corrected chi connectivity index (χ1v) is 5.73. The van der Waals surface area contributed by atoms with E-state index in [-0.39, 0.29) is 6.10 Å². The van der Waals surface area contributed by atoms with Crippen LogP contribution in [0.1, 0.15) is 13.3 Å². The van der Waals surface area contributed by atoms with E-state index in [4.69, 9.17) is 10.8 Å². The van der Waals surface area contributed by atoms with Crippen LogP contribution in [0, 0.1) is 0 Å². The summed E-state index contributed by atoms with van der Waals surface area (Å²) in [5, 5.41) is 13.4. The van der Waals surface area contributed by atoms with Crippen molar-refractivity contribution in [2.75, 3.05) is 17.6 Å². The van der Waals surface area contributed by atoms with Gasteiger partial charge in [-0.25, -0.2) is 4.98 Å². The molecule has 0 saturated carbocycles. The van der Waals surface area contributed by atoms with Crippen LogP contribution in [0.2, 0.25) is 0 Å². The van der Waals surface area contributed by atoms with Crippen molar-refractivity contribution in [3.8, 4) is 0 Å². The van der Waals surface area contributed by atoms with Gasteiger partial charge < -0.3 is 16.2 Å². The molecule has 0 aliphatic rings. The minimum Gasteiger partial charge on any atom is -0.399 e. The Morgan fingerprint density at radius 2 is 2.18 bits per heavy atom. The van der Waals surface area contributed by atoms with Crippen molar-refractivity contribution in [1.82, 2.24) is 4.98 Å². The monoisotopic (exact) mass is 231 g/mol. The second-order valence-corrected chi connectivity index (χ2v) is 4.21. The summed E-state index contributed by atoms with van der Waals surface area (Å²) >= 11 is 0. The fourth-order valence-corrected chi connectivity index (χ4v) is 1.65. The highest BCUT2D eigenvalue weighted by atomic mass is 16.3. The van der Waals surface area contributed by atoms with Gasteiger partial charge in [0.05, 0.1) is 11.6 Å². The van der Waals surface area contributed by atoms with E-state index in [0.29, 0.717) is 13.0 Å². The summed E-state index contributed by atoms with van der Waals surface area (Å²) in [6.45, 7) is 2.49. The second kappa shape index (κ2) is 5.01. The van der Waals surface area contributed by atoms with E-state index in [1.54, 1.807) is 6.92 Å². The van der Waals surface area contributed by atoms with Crippen LogP contribution in [0.15, 0.2) is 30.3 Å². The van der Waals surface area contributed by atoms with Crippen LogP contribution in [-0.2, 0) is 0 Å². The summed E-state index contributed by atoms with van der Waals surface area (Å²) in [6.07, 6.45) is 0.421. The number of nitrogens with zero attached hydrogens (tertiary/aromatic N) is 1. The number of nitrogens with one attached hydrogen (secondary N) is 1. The van der Waals surface area contributed by atoms with Crippen molar-refractivity contribution in [3.05, 3.63) is 30.3 Å². The third kappa shape index (κ3) is 3.07. The molecule has 0 spiro atoms. The maximum absolute atomic E-state index is 9.16. The molecule has 0 radical (unpaired) electrons. The van der Waals surface area contributed by atoms with Gasteiger partial charge in [0.1, 0.15) is 5.82 Å². The van der Waals surface area contributed by atoms with Crippen molar-refractivity contribution in [3.63, 3.8) is 0 Å². The molecule has 1 atom stereocenters. The Morgan fingerprint density at radius 3 is 2.94 bits per heavy atom. The van der Waals surface area contributed by atoms with Crippen LogP contribution in [0.4, 0.5) is 11.5 Å². The fourth-order valence-electron chi connectivity index (χ4n) is 1.65. The van der Waals surface area contributed by atoms with E-state index < -0.39 is 0 Å². The number of benzene rings is 1. The quantitative estimate of drug-likeness (QED) is 0.704. The highest BCUT2D eigenvalue weighted by Gasteiger charge is 1.99. The molecule has 2 aromatic rings. The van der Waals surface area contributed by atoms with Gasteiger partial charge in [0, 0.05) is 17.6 Å². The molecule has 0 amide bonds. The highest BCUT2D eigenvalue weighted by Crippen LogP contribution is 2.17. The van der Waals surface area contributed by atoms with Crippen LogP contribution >= 0.6 is 0 Å². The Labute approximate surface area is 100 Å². The van der Waals surface area contributed by atoms with Crippen molar-refractivity contribution < 1.29 is 5.11 Å². The number of fused-ring (bicyclic) bond motifs is 1. The lowest BCUT2D eigenvalue weighted by Crippen LogP contribution is -2.10. The SMILES string of the molecule is CC(O)CCNc1ccc2cc(N)ccc2n1. The third-order valence-corrected chi connectivity index (χ3v) is 2.58. The Balaban J connectivity index is 2.12. The number of pyridine rings is 1. The summed E-state index contributed by atoms with van der Waals surface area (Å²) in [4.78, 5) is 4.46. The molecule has 1 aromatic heterocycles. The van der Waals surface area contributed by atoms with Crippen molar-refractivity contribution >= 4 is 22.4 Å². The van der Waals surface area contributed by atoms with Gasteiger partial charge in [-0.2, -0.15) is 0 Å². The first kappa shape index (κ1) is 11.7. The first-order valence-electron chi connectivity index (χ1n) is 5.73. The number of hydrogen-bond donors (Lipinski definition) is 3. The average molecular weight is 231 g/mol. The molecule has 0 fully saturated rings. The first-order chi connectivity index (χ1) is 8.15. The molecule has 1 heterocycles. The molecule has 1 unspecified atom stereocenters. The Hall–Kier alpha value is -1.81. The number of nitrogen functional groups attached to an aromatic ring is 1. The largest absolute Gasteiger partial charge is 0.399 e. The number of aliphatic hydroxyl groups is 1. The van der Waals surface area contributed by atoms with Crippen LogP contribution in [0.5, 0.6) is 0 Å². The molecule has 4 N–H and O–H groups in total. The number of nitrogens with two attached hydrogens (primary N) is 1. The molecule has 0 bridgehead atoms. The van der Waals surface area contributed by atoms with Gasteiger partial charge >= 0.3 is 0 Å². The summed E-state index contributed by atoms with van der Waals surface area (Å²) in [5.41, 5.74) is 7.37. The average Bonchev–Trinajstić information content (AvgIpc) is 2.29. The third-order valence-electron chi connectivity index (χ3n) is 2.58. The van der Waals surface area contributed by atoms with Gasteiger partial charge in [0.25, 0.3) is 0 Å². The smallest absolute Gasteiger partial charge is 0.126 e. The van der Waals surface area contributed by atoms with Gasteiger partial charge in [-0.1, -0.05) is 0 Å². The number of aliphatic hydroxyl groups excluding tert-OH is 1. The Morgan fingerprint density at radius 1 is 1.35 bits per heavy atom. The van der Waals surface area contributed by atoms with E-state index in [1.807, 2.05) is 30.3 Å². The summed E-state index contributed by atoms with van der Waals surface area (Å²) in [5.74, 6) is 0.822. The predicted octanol–water partition coefficient (Wildman–Crippen LogP) is 2.00. The standard InChI is InChI=1S/C13H17N3O/c1-9(17)6-7-15-13-5-2-10-8-11(14)3-4-12(10)16-13/h2-5,8-9,17H,6-7,14H2,1H3,(H,15,16). The maximum atomic E-state index is 9.16. The van der Waals surface area contributed by atoms with Gasteiger partial charge in [0.15, 0.2) is 0 Å². The molecule has 0 aliphatic carbocycles. The van der Waals surface area contributed by atoms with E-state index >= 15 is 0 Å². The van der Waals surface area contributed by atoms with Crippen LogP contribution in [0.3, 0.4) is 0 Å². The van der Waals surface area contributed by atoms with E-state index in [0.717, 1.165) is 22.4 Å². The van der Waals surface area contributed by atoms with Crippen LogP contribution in [0.25, 0.3) is 10.9 Å². The van der Waals surface area contributed by atoms with Crippen LogP contribution in [-0.4, -0.2) is 22.7 Å². The van der Waals surface area contributed by atoms with E-state index in [9.17, 15) is 0 Å². The molecule has 0 saturated heterocycles. The van der Waals surface area contributed by atoms with E-state index in [1.165, 1.54) is 0 Å². The molecular weight excluding hydrogens is 214 g/mol. The van der Waals surface area contributed by atoms with Gasteiger partial charge in [-0.3, -0.25) is 0 Å². The van der Waals surface area contributed by atoms with Gasteiger partial charge in [-0.15, -0.1) is 0 Å². The molecule has 90 valence electrons. The number of rotatable bonds is 4. The lowest BCUT2D eigenvalue weighted by atomic mass is 10.2. The van der Waals surface area contributed by atoms with Crippen molar-refractivity contribution in [2.45, 2.75) is 19.4 Å². The van der Waals surface area contributed by atoms with Crippen molar-refractivity contribution in [1.29, 1.82) is 0 Å². The molecule has 0 aliphatic heterocycles. The highest BCUT2D eigenvalue weighted by molar-refractivity contribution is 5.83. The Bertz CT molecular complexity index is 511. The summed E-state index contributed by atoms with van der Waals surface area (Å²) < 4.78 is 0. The molecule has 4 nitrogen and oxygen atoms in total. The zero-order chi connectivity index (χ0) is 12.3. The van der Waals surface area contributed by atoms with Crippen LogP contribution < -0.4 is 11.1 Å². The molecule has 2 rings (SSSR count). The second-order valence-electron chi connectivity index (χ2n) is 4.21. The number of anilines is 2. The zero-order valence-corrected chi connectivity index (χ0v) is 9.85. The zero-order valence-electron chi connectivity index (χ0n) is 9.85. The molecule has 17 heavy (non-hydrogen) atoms. The fraction of sp³-hybridized carbons (Fsp3) is 0.308. The van der Waals surface area contributed by atoms with Gasteiger partial charge in [0.2, 0.25) is 0 Å². The van der Waals surface area contributed by atoms with Gasteiger partial charge in [-0.05, 0) is 43.7 Å². The normalized spacial score (nSPS) is 12.6. The summed E-state index contributed by atoms with van der Waals surface area (Å²) in [6, 6.07) is 9.56. The maximum Gasteiger partial charge on any atom is 0.126 e. The van der Waals surface area contributed by atoms with Crippen molar-refractivity contribution in [2.24, 2.45) is 0 Å². The minimum atomic E-state index is -0.289. The number of aromatic nitrogens is 1. The molecular formula is C13H17N3O. The number of hydrogen-bond acceptors (Lipinski definition) is 4. The minimum absolute atomic E-state index is 0.289. The predicted molar refractivity (Wildman–Crippen MR) is 70.9 cm³/mol. The lowest BCUT2D eigenvalue weighted by molar-refractivity contribution is 0.188. The molecule has 1 aromatic carbocycles. The summed E-state index contributed by atoms with van der Waals surface area (Å²) in [7, 11) is 0. The Kier molecular flexibility index (Phi) is 3.44.